The fourth-order valence-electron chi connectivity index (χ4n) is 3.14. The molecular weight excluding hydrogens is 414 g/mol. The lowest BCUT2D eigenvalue weighted by Crippen LogP contribution is -2.50. The lowest BCUT2D eigenvalue weighted by Gasteiger charge is -2.25. The monoisotopic (exact) mass is 439 g/mol. The third kappa shape index (κ3) is 6.70. The zero-order valence-electron chi connectivity index (χ0n) is 17.0. The van der Waals surface area contributed by atoms with Crippen LogP contribution >= 0.6 is 11.6 Å². The van der Waals surface area contributed by atoms with Crippen molar-refractivity contribution in [3.05, 3.63) is 34.9 Å². The summed E-state index contributed by atoms with van der Waals surface area (Å²) in [7, 11) is 0. The Balaban J connectivity index is 1.88. The summed E-state index contributed by atoms with van der Waals surface area (Å²) in [6, 6.07) is 5.87. The van der Waals surface area contributed by atoms with Crippen LogP contribution in [0.25, 0.3) is 0 Å². The molecule has 2 atom stereocenters. The Hall–Kier alpha value is -2.65. The minimum absolute atomic E-state index is 0.0198. The van der Waals surface area contributed by atoms with Gasteiger partial charge in [0.05, 0.1) is 23.7 Å². The van der Waals surface area contributed by atoms with Crippen molar-refractivity contribution in [2.45, 2.75) is 39.0 Å². The Kier molecular flexibility index (Phi) is 9.07. The van der Waals surface area contributed by atoms with E-state index < -0.39 is 24.2 Å². The molecule has 2 N–H and O–H groups in total. The average molecular weight is 440 g/mol. The maximum absolute atomic E-state index is 12.6. The summed E-state index contributed by atoms with van der Waals surface area (Å²) in [5.41, 5.74) is 0.273. The molecule has 1 aliphatic heterocycles. The highest BCUT2D eigenvalue weighted by atomic mass is 35.5. The van der Waals surface area contributed by atoms with Gasteiger partial charge in [-0.05, 0) is 31.9 Å². The summed E-state index contributed by atoms with van der Waals surface area (Å²) in [4.78, 5) is 49.9. The van der Waals surface area contributed by atoms with Crippen molar-refractivity contribution in [3.8, 4) is 0 Å². The van der Waals surface area contributed by atoms with E-state index in [4.69, 9.17) is 21.1 Å². The molecule has 1 fully saturated rings. The number of esters is 1. The molecule has 0 aromatic heterocycles. The number of rotatable bonds is 9. The first-order valence-corrected chi connectivity index (χ1v) is 10.1. The van der Waals surface area contributed by atoms with Crippen molar-refractivity contribution in [1.82, 2.24) is 15.5 Å². The molecule has 1 saturated heterocycles. The normalized spacial score (nSPS) is 16.6. The van der Waals surface area contributed by atoms with E-state index in [-0.39, 0.29) is 35.5 Å². The summed E-state index contributed by atoms with van der Waals surface area (Å²) in [6.07, 6.45) is 0.279. The van der Waals surface area contributed by atoms with Gasteiger partial charge in [-0.15, -0.1) is 0 Å². The van der Waals surface area contributed by atoms with Crippen molar-refractivity contribution in [2.75, 3.05) is 26.2 Å². The van der Waals surface area contributed by atoms with Crippen LogP contribution in [-0.2, 0) is 23.9 Å². The van der Waals surface area contributed by atoms with E-state index in [1.807, 2.05) is 0 Å². The molecule has 2 rings (SSSR count). The average Bonchev–Trinajstić information content (AvgIpc) is 3.20. The van der Waals surface area contributed by atoms with Gasteiger partial charge in [0.25, 0.3) is 5.91 Å². The summed E-state index contributed by atoms with van der Waals surface area (Å²) in [5.74, 6) is -1.71. The standard InChI is InChI=1S/C20H26ClN3O6/c1-3-29-18(30-13(2)25)12-23-20(28)16-9-6-10-24(16)17(26)11-22-19(27)14-7-4-5-8-15(14)21/h4-5,7-8,16,18H,3,6,9-12H2,1-2H3,(H,22,27)(H,23,28)/t16-,18+/m0/s1. The predicted octanol–water partition coefficient (Wildman–Crippen LogP) is 1.10. The fourth-order valence-corrected chi connectivity index (χ4v) is 3.36. The van der Waals surface area contributed by atoms with Crippen LogP contribution in [0.2, 0.25) is 5.02 Å². The molecule has 10 heteroatoms. The second-order valence-corrected chi connectivity index (χ2v) is 7.05. The van der Waals surface area contributed by atoms with E-state index in [2.05, 4.69) is 10.6 Å². The van der Waals surface area contributed by atoms with Crippen molar-refractivity contribution >= 4 is 35.3 Å². The number of ether oxygens (including phenoxy) is 2. The van der Waals surface area contributed by atoms with Gasteiger partial charge in [-0.2, -0.15) is 0 Å². The van der Waals surface area contributed by atoms with E-state index >= 15 is 0 Å². The molecule has 0 spiro atoms. The second kappa shape index (κ2) is 11.5. The van der Waals surface area contributed by atoms with Crippen LogP contribution < -0.4 is 10.6 Å². The Morgan fingerprint density at radius 2 is 1.97 bits per heavy atom. The maximum atomic E-state index is 12.6. The lowest BCUT2D eigenvalue weighted by atomic mass is 10.2. The van der Waals surface area contributed by atoms with Crippen molar-refractivity contribution in [3.63, 3.8) is 0 Å². The van der Waals surface area contributed by atoms with Crippen LogP contribution in [-0.4, -0.2) is 67.2 Å². The first-order chi connectivity index (χ1) is 14.3. The quantitative estimate of drug-likeness (QED) is 0.440. The second-order valence-electron chi connectivity index (χ2n) is 6.65. The zero-order valence-corrected chi connectivity index (χ0v) is 17.7. The van der Waals surface area contributed by atoms with Gasteiger partial charge in [0, 0.05) is 20.1 Å². The lowest BCUT2D eigenvalue weighted by molar-refractivity contribution is -0.175. The summed E-state index contributed by atoms with van der Waals surface area (Å²) < 4.78 is 10.2. The fraction of sp³-hybridized carbons (Fsp3) is 0.500. The number of carbonyl (C=O) groups excluding carboxylic acids is 4. The van der Waals surface area contributed by atoms with E-state index in [0.717, 1.165) is 0 Å². The molecule has 164 valence electrons. The van der Waals surface area contributed by atoms with E-state index in [9.17, 15) is 19.2 Å². The molecule has 3 amide bonds. The van der Waals surface area contributed by atoms with Crippen LogP contribution in [0.15, 0.2) is 24.3 Å². The number of amides is 3. The number of hydrogen-bond donors (Lipinski definition) is 2. The van der Waals surface area contributed by atoms with Crippen LogP contribution in [0.4, 0.5) is 0 Å². The van der Waals surface area contributed by atoms with Crippen LogP contribution in [0.3, 0.4) is 0 Å². The van der Waals surface area contributed by atoms with Crippen LogP contribution in [0.1, 0.15) is 37.0 Å². The smallest absolute Gasteiger partial charge is 0.305 e. The first-order valence-electron chi connectivity index (χ1n) is 9.72. The predicted molar refractivity (Wildman–Crippen MR) is 109 cm³/mol. The third-order valence-corrected chi connectivity index (χ3v) is 4.82. The number of carbonyl (C=O) groups is 4. The van der Waals surface area contributed by atoms with Crippen molar-refractivity contribution in [1.29, 1.82) is 0 Å². The van der Waals surface area contributed by atoms with Gasteiger partial charge in [0.15, 0.2) is 0 Å². The van der Waals surface area contributed by atoms with Crippen LogP contribution in [0, 0.1) is 0 Å². The Morgan fingerprint density at radius 3 is 2.63 bits per heavy atom. The summed E-state index contributed by atoms with van der Waals surface area (Å²) >= 11 is 5.99. The SMILES string of the molecule is CCO[C@@H](CNC(=O)[C@@H]1CCCN1C(=O)CNC(=O)c1ccccc1Cl)OC(C)=O. The van der Waals surface area contributed by atoms with E-state index in [0.29, 0.717) is 26.0 Å². The highest BCUT2D eigenvalue weighted by molar-refractivity contribution is 6.33. The Bertz CT molecular complexity index is 788. The Labute approximate surface area is 180 Å². The number of benzene rings is 1. The molecule has 30 heavy (non-hydrogen) atoms. The highest BCUT2D eigenvalue weighted by Crippen LogP contribution is 2.18. The molecule has 0 radical (unpaired) electrons. The number of halogens is 1. The van der Waals surface area contributed by atoms with Gasteiger partial charge < -0.3 is 25.0 Å². The van der Waals surface area contributed by atoms with Gasteiger partial charge in [-0.1, -0.05) is 23.7 Å². The van der Waals surface area contributed by atoms with Crippen molar-refractivity contribution < 1.29 is 28.7 Å². The molecule has 1 heterocycles. The number of nitrogens with zero attached hydrogens (tertiary/aromatic N) is 1. The minimum atomic E-state index is -0.892. The van der Waals surface area contributed by atoms with E-state index in [1.54, 1.807) is 31.2 Å². The maximum Gasteiger partial charge on any atom is 0.305 e. The van der Waals surface area contributed by atoms with Crippen molar-refractivity contribution in [2.24, 2.45) is 0 Å². The number of nitrogens with one attached hydrogen (secondary N) is 2. The van der Waals surface area contributed by atoms with E-state index in [1.165, 1.54) is 11.8 Å². The van der Waals surface area contributed by atoms with Gasteiger partial charge in [0.1, 0.15) is 6.04 Å². The molecule has 0 bridgehead atoms. The molecule has 9 nitrogen and oxygen atoms in total. The van der Waals surface area contributed by atoms with Gasteiger partial charge in [-0.25, -0.2) is 0 Å². The summed E-state index contributed by atoms with van der Waals surface area (Å²) in [5, 5.41) is 5.49. The molecule has 0 aliphatic carbocycles. The first kappa shape index (κ1) is 23.6. The number of likely N-dealkylation sites (tertiary alicyclic amines) is 1. The van der Waals surface area contributed by atoms with Gasteiger partial charge in [0.2, 0.25) is 18.1 Å². The molecule has 1 aliphatic rings. The molecular formula is C20H26ClN3O6. The molecule has 1 aromatic rings. The van der Waals surface area contributed by atoms with Crippen LogP contribution in [0.5, 0.6) is 0 Å². The summed E-state index contributed by atoms with van der Waals surface area (Å²) in [6.45, 7) is 3.45. The largest absolute Gasteiger partial charge is 0.434 e. The van der Waals surface area contributed by atoms with Gasteiger partial charge >= 0.3 is 5.97 Å². The Morgan fingerprint density at radius 1 is 1.23 bits per heavy atom. The molecule has 0 saturated carbocycles. The third-order valence-electron chi connectivity index (χ3n) is 4.49. The molecule has 0 unspecified atom stereocenters. The highest BCUT2D eigenvalue weighted by Gasteiger charge is 2.34. The zero-order chi connectivity index (χ0) is 22.1. The topological polar surface area (TPSA) is 114 Å². The number of hydrogen-bond acceptors (Lipinski definition) is 6. The minimum Gasteiger partial charge on any atom is -0.434 e. The molecule has 1 aromatic carbocycles. The van der Waals surface area contributed by atoms with Gasteiger partial charge in [-0.3, -0.25) is 19.2 Å².